The van der Waals surface area contributed by atoms with Gasteiger partial charge in [0.1, 0.15) is 5.65 Å². The maximum atomic E-state index is 6.30. The molecule has 0 spiro atoms. The zero-order valence-electron chi connectivity index (χ0n) is 14.3. The average Bonchev–Trinajstić information content (AvgIpc) is 3.25. The first-order valence-electron chi connectivity index (χ1n) is 9.14. The largest absolute Gasteiger partial charge is 0.346 e. The maximum Gasteiger partial charge on any atom is 0.139 e. The Hall–Kier alpha value is -1.97. The van der Waals surface area contributed by atoms with Crippen LogP contribution < -0.4 is 0 Å². The number of H-pyrrole nitrogens is 1. The van der Waals surface area contributed by atoms with Gasteiger partial charge in [0, 0.05) is 50.5 Å². The third-order valence-electron chi connectivity index (χ3n) is 5.48. The molecule has 132 valence electrons. The van der Waals surface area contributed by atoms with Crippen LogP contribution in [0, 0.1) is 0 Å². The van der Waals surface area contributed by atoms with Crippen molar-refractivity contribution in [2.75, 3.05) is 0 Å². The fourth-order valence-electron chi connectivity index (χ4n) is 4.36. The van der Waals surface area contributed by atoms with E-state index in [9.17, 15) is 0 Å². The molecule has 1 aliphatic carbocycles. The van der Waals surface area contributed by atoms with Crippen molar-refractivity contribution in [3.8, 4) is 11.3 Å². The molecule has 3 nitrogen and oxygen atoms in total. The molecule has 4 aromatic rings. The number of aromatic nitrogens is 3. The number of hydrogen-bond donors (Lipinski definition) is 1. The molecule has 0 amide bonds. The molecule has 1 saturated carbocycles. The first-order valence-corrected chi connectivity index (χ1v) is 9.90. The van der Waals surface area contributed by atoms with Crippen LogP contribution in [-0.2, 0) is 0 Å². The molecule has 0 radical (unpaired) electrons. The number of benzene rings is 1. The molecule has 0 unspecified atom stereocenters. The average molecular weight is 384 g/mol. The van der Waals surface area contributed by atoms with E-state index in [1.54, 1.807) is 6.07 Å². The minimum Gasteiger partial charge on any atom is -0.346 e. The molecular formula is C21H19Cl2N3. The van der Waals surface area contributed by atoms with E-state index >= 15 is 0 Å². The minimum atomic E-state index is 0.495. The van der Waals surface area contributed by atoms with Gasteiger partial charge >= 0.3 is 0 Å². The summed E-state index contributed by atoms with van der Waals surface area (Å²) in [5, 5.41) is 3.66. The Labute approximate surface area is 161 Å². The summed E-state index contributed by atoms with van der Waals surface area (Å²) in [7, 11) is 0. The van der Waals surface area contributed by atoms with Crippen LogP contribution in [0.5, 0.6) is 0 Å². The highest BCUT2D eigenvalue weighted by Gasteiger charge is 2.23. The molecule has 0 bridgehead atoms. The van der Waals surface area contributed by atoms with E-state index in [4.69, 9.17) is 23.2 Å². The van der Waals surface area contributed by atoms with E-state index in [2.05, 4.69) is 26.7 Å². The Kier molecular flexibility index (Phi) is 3.95. The van der Waals surface area contributed by atoms with E-state index in [-0.39, 0.29) is 0 Å². The van der Waals surface area contributed by atoms with Gasteiger partial charge in [-0.15, -0.1) is 0 Å². The van der Waals surface area contributed by atoms with Gasteiger partial charge in [0.25, 0.3) is 0 Å². The molecule has 1 N–H and O–H groups in total. The Balaban J connectivity index is 1.84. The Morgan fingerprint density at radius 2 is 1.77 bits per heavy atom. The fraction of sp³-hybridized carbons (Fsp3) is 0.286. The summed E-state index contributed by atoms with van der Waals surface area (Å²) in [5.41, 5.74) is 4.43. The molecule has 0 atom stereocenters. The lowest BCUT2D eigenvalue weighted by Gasteiger charge is -2.27. The fourth-order valence-corrected chi connectivity index (χ4v) is 4.89. The molecule has 3 aromatic heterocycles. The van der Waals surface area contributed by atoms with Gasteiger partial charge in [0.05, 0.1) is 5.52 Å². The summed E-state index contributed by atoms with van der Waals surface area (Å²) in [4.78, 5) is 7.82. The third-order valence-corrected chi connectivity index (χ3v) is 5.91. The molecule has 5 heteroatoms. The van der Waals surface area contributed by atoms with Crippen molar-refractivity contribution in [2.24, 2.45) is 0 Å². The highest BCUT2D eigenvalue weighted by Crippen LogP contribution is 2.40. The summed E-state index contributed by atoms with van der Waals surface area (Å²) in [6.07, 6.45) is 10.2. The maximum absolute atomic E-state index is 6.30. The van der Waals surface area contributed by atoms with Crippen molar-refractivity contribution in [3.05, 3.63) is 52.8 Å². The van der Waals surface area contributed by atoms with Gasteiger partial charge in [-0.05, 0) is 43.2 Å². The van der Waals surface area contributed by atoms with Crippen LogP contribution in [-0.4, -0.2) is 14.5 Å². The summed E-state index contributed by atoms with van der Waals surface area (Å²) in [5.74, 6) is 0. The highest BCUT2D eigenvalue weighted by molar-refractivity contribution is 6.35. The molecule has 1 aromatic carbocycles. The number of nitrogens with zero attached hydrogens (tertiary/aromatic N) is 2. The van der Waals surface area contributed by atoms with Crippen molar-refractivity contribution >= 4 is 45.1 Å². The number of pyridine rings is 1. The predicted octanol–water partition coefficient (Wildman–Crippen LogP) is 7.00. The van der Waals surface area contributed by atoms with Crippen molar-refractivity contribution in [3.63, 3.8) is 0 Å². The predicted molar refractivity (Wildman–Crippen MR) is 109 cm³/mol. The van der Waals surface area contributed by atoms with Crippen molar-refractivity contribution in [1.29, 1.82) is 0 Å². The first-order chi connectivity index (χ1) is 12.7. The summed E-state index contributed by atoms with van der Waals surface area (Å²) >= 11 is 12.6. The van der Waals surface area contributed by atoms with E-state index in [0.717, 1.165) is 16.6 Å². The Morgan fingerprint density at radius 3 is 2.54 bits per heavy atom. The molecule has 26 heavy (non-hydrogen) atoms. The highest BCUT2D eigenvalue weighted by atomic mass is 35.5. The Morgan fingerprint density at radius 1 is 1.00 bits per heavy atom. The monoisotopic (exact) mass is 383 g/mol. The summed E-state index contributed by atoms with van der Waals surface area (Å²) < 4.78 is 2.51. The molecule has 3 heterocycles. The van der Waals surface area contributed by atoms with Gasteiger partial charge in [0.2, 0.25) is 0 Å². The number of halogens is 2. The van der Waals surface area contributed by atoms with E-state index in [0.29, 0.717) is 16.1 Å². The van der Waals surface area contributed by atoms with Crippen LogP contribution in [0.25, 0.3) is 33.2 Å². The zero-order valence-corrected chi connectivity index (χ0v) is 15.8. The van der Waals surface area contributed by atoms with Crippen molar-refractivity contribution in [1.82, 2.24) is 14.5 Å². The van der Waals surface area contributed by atoms with Crippen LogP contribution in [0.1, 0.15) is 38.1 Å². The first kappa shape index (κ1) is 16.2. The quantitative estimate of drug-likeness (QED) is 0.397. The molecular weight excluding hydrogens is 365 g/mol. The topological polar surface area (TPSA) is 33.6 Å². The smallest absolute Gasteiger partial charge is 0.139 e. The molecule has 0 saturated heterocycles. The Bertz CT molecular complexity index is 1080. The van der Waals surface area contributed by atoms with Gasteiger partial charge in [0.15, 0.2) is 0 Å². The lowest BCUT2D eigenvalue weighted by Crippen LogP contribution is -2.13. The van der Waals surface area contributed by atoms with Gasteiger partial charge in [-0.2, -0.15) is 0 Å². The third kappa shape index (κ3) is 2.62. The second-order valence-corrected chi connectivity index (χ2v) is 8.02. The van der Waals surface area contributed by atoms with Crippen LogP contribution >= 0.6 is 23.2 Å². The second-order valence-electron chi connectivity index (χ2n) is 7.15. The number of hydrogen-bond acceptors (Lipinski definition) is 1. The SMILES string of the molecule is Clc1cc(Cl)cc(-c2cc3cnc4[nH]ccc4c3n2C2CCCCC2)c1. The van der Waals surface area contributed by atoms with E-state index < -0.39 is 0 Å². The van der Waals surface area contributed by atoms with Crippen LogP contribution in [0.15, 0.2) is 42.7 Å². The second kappa shape index (κ2) is 6.33. The minimum absolute atomic E-state index is 0.495. The molecule has 0 aliphatic heterocycles. The van der Waals surface area contributed by atoms with Gasteiger partial charge in [-0.3, -0.25) is 0 Å². The summed E-state index contributed by atoms with van der Waals surface area (Å²) in [6, 6.07) is 10.6. The van der Waals surface area contributed by atoms with Gasteiger partial charge < -0.3 is 9.55 Å². The normalized spacial score (nSPS) is 15.9. The zero-order chi connectivity index (χ0) is 17.7. The van der Waals surface area contributed by atoms with Crippen LogP contribution in [0.3, 0.4) is 0 Å². The number of rotatable bonds is 2. The number of fused-ring (bicyclic) bond motifs is 3. The summed E-state index contributed by atoms with van der Waals surface area (Å²) in [6.45, 7) is 0. The molecule has 5 rings (SSSR count). The van der Waals surface area contributed by atoms with Gasteiger partial charge in [-0.1, -0.05) is 42.5 Å². The molecule has 1 aliphatic rings. The lowest BCUT2D eigenvalue weighted by molar-refractivity contribution is 0.363. The molecule has 1 fully saturated rings. The van der Waals surface area contributed by atoms with Gasteiger partial charge in [-0.25, -0.2) is 4.98 Å². The standard InChI is InChI=1S/C21H19Cl2N3/c22-15-8-13(9-16(23)11-15)19-10-14-12-25-21-18(6-7-24-21)20(14)26(19)17-4-2-1-3-5-17/h6-12,17H,1-5H2,(H,24,25). The van der Waals surface area contributed by atoms with Crippen LogP contribution in [0.4, 0.5) is 0 Å². The van der Waals surface area contributed by atoms with E-state index in [1.165, 1.54) is 48.7 Å². The van der Waals surface area contributed by atoms with Crippen LogP contribution in [0.2, 0.25) is 10.0 Å². The number of aromatic amines is 1. The van der Waals surface area contributed by atoms with Crippen molar-refractivity contribution in [2.45, 2.75) is 38.1 Å². The number of nitrogens with one attached hydrogen (secondary N) is 1. The lowest BCUT2D eigenvalue weighted by atomic mass is 9.94. The van der Waals surface area contributed by atoms with Crippen molar-refractivity contribution < 1.29 is 0 Å². The van der Waals surface area contributed by atoms with E-state index in [1.807, 2.05) is 24.5 Å².